The second kappa shape index (κ2) is 7.69. The summed E-state index contributed by atoms with van der Waals surface area (Å²) in [6, 6.07) is 3.87. The Morgan fingerprint density at radius 2 is 1.76 bits per heavy atom. The molecule has 8 heteroatoms. The normalized spacial score (nSPS) is 15.1. The highest BCUT2D eigenvalue weighted by Gasteiger charge is 2.27. The number of anilines is 1. The van der Waals surface area contributed by atoms with Crippen LogP contribution in [-0.2, 0) is 11.3 Å². The zero-order chi connectivity index (χ0) is 18.6. The van der Waals surface area contributed by atoms with Crippen LogP contribution in [0, 0.1) is 5.82 Å². The predicted octanol–water partition coefficient (Wildman–Crippen LogP) is 2.37. The zero-order valence-electron chi connectivity index (χ0n) is 14.8. The molecule has 1 fully saturated rings. The predicted molar refractivity (Wildman–Crippen MR) is 92.7 cm³/mol. The number of amides is 3. The molecule has 0 unspecified atom stereocenters. The van der Waals surface area contributed by atoms with Gasteiger partial charge in [0.25, 0.3) is 0 Å². The van der Waals surface area contributed by atoms with E-state index in [0.717, 1.165) is 0 Å². The van der Waals surface area contributed by atoms with Crippen molar-refractivity contribution < 1.29 is 18.7 Å². The number of nitrogens with one attached hydrogen (secondary N) is 1. The molecule has 3 N–H and O–H groups in total. The summed E-state index contributed by atoms with van der Waals surface area (Å²) in [7, 11) is 0. The lowest BCUT2D eigenvalue weighted by atomic mass is 10.2. The number of urea groups is 1. The molecule has 0 aliphatic carbocycles. The second-order valence-corrected chi connectivity index (χ2v) is 6.94. The fraction of sp³-hybridized carbons (Fsp3) is 0.529. The molecular formula is C17H25FN4O3. The van der Waals surface area contributed by atoms with Gasteiger partial charge in [-0.1, -0.05) is 0 Å². The maximum Gasteiger partial charge on any atom is 0.410 e. The monoisotopic (exact) mass is 352 g/mol. The Kier molecular flexibility index (Phi) is 5.84. The first-order chi connectivity index (χ1) is 11.7. The van der Waals surface area contributed by atoms with Crippen molar-refractivity contribution in [2.75, 3.05) is 31.5 Å². The van der Waals surface area contributed by atoms with E-state index in [-0.39, 0.29) is 18.7 Å². The number of ether oxygens (including phenoxy) is 1. The quantitative estimate of drug-likeness (QED) is 0.855. The van der Waals surface area contributed by atoms with Crippen molar-refractivity contribution in [3.63, 3.8) is 0 Å². The molecule has 0 aromatic heterocycles. The zero-order valence-corrected chi connectivity index (χ0v) is 14.8. The van der Waals surface area contributed by atoms with Gasteiger partial charge in [0, 0.05) is 38.4 Å². The van der Waals surface area contributed by atoms with E-state index in [2.05, 4.69) is 5.32 Å². The molecule has 0 bridgehead atoms. The van der Waals surface area contributed by atoms with E-state index in [4.69, 9.17) is 10.5 Å². The number of carbonyl (C=O) groups is 2. The second-order valence-electron chi connectivity index (χ2n) is 6.94. The largest absolute Gasteiger partial charge is 0.444 e. The average molecular weight is 352 g/mol. The van der Waals surface area contributed by atoms with E-state index >= 15 is 0 Å². The third kappa shape index (κ3) is 5.60. The Hall–Kier alpha value is -2.35. The molecule has 1 aromatic carbocycles. The lowest BCUT2D eigenvalue weighted by molar-refractivity contribution is 0.0174. The van der Waals surface area contributed by atoms with Crippen LogP contribution in [0.25, 0.3) is 0 Å². The minimum Gasteiger partial charge on any atom is -0.444 e. The summed E-state index contributed by atoms with van der Waals surface area (Å²) in [5, 5.41) is 2.67. The van der Waals surface area contributed by atoms with Crippen molar-refractivity contribution in [2.45, 2.75) is 32.9 Å². The lowest BCUT2D eigenvalue weighted by Crippen LogP contribution is -2.52. The molecule has 0 atom stereocenters. The fourth-order valence-electron chi connectivity index (χ4n) is 2.46. The number of hydrogen-bond acceptors (Lipinski definition) is 4. The summed E-state index contributed by atoms with van der Waals surface area (Å²) in [6.07, 6.45) is -0.384. The molecule has 1 aromatic rings. The van der Waals surface area contributed by atoms with Crippen LogP contribution in [0.5, 0.6) is 0 Å². The third-order valence-electron chi connectivity index (χ3n) is 3.66. The van der Waals surface area contributed by atoms with Crippen LogP contribution in [0.4, 0.5) is 19.7 Å². The van der Waals surface area contributed by atoms with Gasteiger partial charge in [-0.15, -0.1) is 0 Å². The molecule has 1 heterocycles. The first-order valence-corrected chi connectivity index (χ1v) is 8.21. The van der Waals surface area contributed by atoms with E-state index in [1.165, 1.54) is 12.1 Å². The molecule has 3 amide bonds. The highest BCUT2D eigenvalue weighted by Crippen LogP contribution is 2.16. The van der Waals surface area contributed by atoms with Gasteiger partial charge >= 0.3 is 12.1 Å². The molecule has 0 spiro atoms. The van der Waals surface area contributed by atoms with Crippen LogP contribution < -0.4 is 11.1 Å². The molecule has 2 rings (SSSR count). The van der Waals surface area contributed by atoms with Crippen LogP contribution >= 0.6 is 0 Å². The lowest BCUT2D eigenvalue weighted by Gasteiger charge is -2.35. The number of halogens is 1. The van der Waals surface area contributed by atoms with Gasteiger partial charge in [-0.2, -0.15) is 0 Å². The Labute approximate surface area is 146 Å². The van der Waals surface area contributed by atoms with Crippen molar-refractivity contribution in [1.82, 2.24) is 9.80 Å². The van der Waals surface area contributed by atoms with Gasteiger partial charge < -0.3 is 25.6 Å². The minimum atomic E-state index is -0.552. The number of carbonyl (C=O) groups excluding carboxylic acids is 2. The van der Waals surface area contributed by atoms with Crippen LogP contribution in [0.3, 0.4) is 0 Å². The molecule has 138 valence electrons. The highest BCUT2D eigenvalue weighted by molar-refractivity contribution is 5.89. The molecule has 1 aliphatic rings. The van der Waals surface area contributed by atoms with Gasteiger partial charge in [-0.25, -0.2) is 14.0 Å². The SMILES string of the molecule is CC(C)(C)OC(=O)N1CCN(C(=O)Nc2cc(F)cc(CN)c2)CC1. The van der Waals surface area contributed by atoms with Gasteiger partial charge in [0.1, 0.15) is 11.4 Å². The topological polar surface area (TPSA) is 87.9 Å². The van der Waals surface area contributed by atoms with E-state index in [9.17, 15) is 14.0 Å². The van der Waals surface area contributed by atoms with Crippen LogP contribution in [0.15, 0.2) is 18.2 Å². The standard InChI is InChI=1S/C17H25FN4O3/c1-17(2,3)25-16(24)22-6-4-21(5-7-22)15(23)20-14-9-12(11-19)8-13(18)10-14/h8-10H,4-7,11,19H2,1-3H3,(H,20,23). The summed E-state index contributed by atoms with van der Waals surface area (Å²) < 4.78 is 18.8. The summed E-state index contributed by atoms with van der Waals surface area (Å²) in [4.78, 5) is 27.5. The maximum atomic E-state index is 13.5. The Balaban J connectivity index is 1.89. The molecule has 1 saturated heterocycles. The summed E-state index contributed by atoms with van der Waals surface area (Å²) >= 11 is 0. The molecule has 1 aliphatic heterocycles. The molecule has 0 radical (unpaired) electrons. The Morgan fingerprint density at radius 1 is 1.16 bits per heavy atom. The van der Waals surface area contributed by atoms with Crippen LogP contribution in [-0.4, -0.2) is 53.7 Å². The van der Waals surface area contributed by atoms with E-state index < -0.39 is 11.4 Å². The molecular weight excluding hydrogens is 327 g/mol. The number of benzene rings is 1. The smallest absolute Gasteiger partial charge is 0.410 e. The molecule has 25 heavy (non-hydrogen) atoms. The van der Waals surface area contributed by atoms with Gasteiger partial charge in [-0.3, -0.25) is 0 Å². The Bertz CT molecular complexity index is 637. The fourth-order valence-corrected chi connectivity index (χ4v) is 2.46. The summed E-state index contributed by atoms with van der Waals surface area (Å²) in [5.74, 6) is -0.451. The average Bonchev–Trinajstić information content (AvgIpc) is 2.52. The maximum absolute atomic E-state index is 13.5. The Morgan fingerprint density at radius 3 is 2.32 bits per heavy atom. The van der Waals surface area contributed by atoms with Crippen molar-refractivity contribution in [3.8, 4) is 0 Å². The van der Waals surface area contributed by atoms with Crippen molar-refractivity contribution >= 4 is 17.8 Å². The van der Waals surface area contributed by atoms with Crippen molar-refractivity contribution in [1.29, 1.82) is 0 Å². The van der Waals surface area contributed by atoms with E-state index in [1.807, 2.05) is 20.8 Å². The first-order valence-electron chi connectivity index (χ1n) is 8.21. The van der Waals surface area contributed by atoms with E-state index in [0.29, 0.717) is 37.4 Å². The summed E-state index contributed by atoms with van der Waals surface area (Å²) in [5.41, 5.74) is 5.92. The van der Waals surface area contributed by atoms with Crippen LogP contribution in [0.1, 0.15) is 26.3 Å². The number of nitrogens with two attached hydrogens (primary N) is 1. The van der Waals surface area contributed by atoms with Crippen molar-refractivity contribution in [3.05, 3.63) is 29.6 Å². The van der Waals surface area contributed by atoms with Gasteiger partial charge in [0.2, 0.25) is 0 Å². The highest BCUT2D eigenvalue weighted by atomic mass is 19.1. The van der Waals surface area contributed by atoms with Gasteiger partial charge in [0.05, 0.1) is 0 Å². The molecule has 7 nitrogen and oxygen atoms in total. The van der Waals surface area contributed by atoms with E-state index in [1.54, 1.807) is 15.9 Å². The molecule has 0 saturated carbocycles. The number of nitrogens with zero attached hydrogens (tertiary/aromatic N) is 2. The number of rotatable bonds is 2. The van der Waals surface area contributed by atoms with Crippen molar-refractivity contribution in [2.24, 2.45) is 5.73 Å². The number of hydrogen-bond donors (Lipinski definition) is 2. The number of piperazine rings is 1. The van der Waals surface area contributed by atoms with Crippen LogP contribution in [0.2, 0.25) is 0 Å². The van der Waals surface area contributed by atoms with Gasteiger partial charge in [0.15, 0.2) is 0 Å². The first kappa shape index (κ1) is 19.0. The third-order valence-corrected chi connectivity index (χ3v) is 3.66. The minimum absolute atomic E-state index is 0.190. The summed E-state index contributed by atoms with van der Waals surface area (Å²) in [6.45, 7) is 7.15. The van der Waals surface area contributed by atoms with Gasteiger partial charge in [-0.05, 0) is 44.5 Å².